The van der Waals surface area contributed by atoms with E-state index in [-0.39, 0.29) is 6.42 Å². The lowest BCUT2D eigenvalue weighted by molar-refractivity contribution is 0.0970. The fourth-order valence-corrected chi connectivity index (χ4v) is 2.68. The monoisotopic (exact) mass is 390 g/mol. The molecule has 28 heavy (non-hydrogen) atoms. The number of rotatable bonds is 6. The zero-order chi connectivity index (χ0) is 20.4. The summed E-state index contributed by atoms with van der Waals surface area (Å²) in [6.07, 6.45) is 2.29. The number of aromatic nitrogens is 6. The van der Waals surface area contributed by atoms with Gasteiger partial charge in [-0.3, -0.25) is 9.59 Å². The summed E-state index contributed by atoms with van der Waals surface area (Å²) in [5, 5.41) is 11.3. The lowest BCUT2D eigenvalue weighted by Gasteiger charge is -2.10. The van der Waals surface area contributed by atoms with Crippen LogP contribution in [0.4, 0.5) is 8.78 Å². The zero-order valence-corrected chi connectivity index (χ0v) is 15.1. The first-order valence-corrected chi connectivity index (χ1v) is 8.32. The third kappa shape index (κ3) is 3.50. The normalized spacial score (nSPS) is 11.0. The molecule has 3 rings (SSSR count). The first-order valence-electron chi connectivity index (χ1n) is 8.32. The number of ketones is 1. The average molecular weight is 390 g/mol. The predicted octanol–water partition coefficient (Wildman–Crippen LogP) is 0.543. The van der Waals surface area contributed by atoms with Crippen molar-refractivity contribution in [3.05, 3.63) is 68.5 Å². The third-order valence-electron chi connectivity index (χ3n) is 4.17. The van der Waals surface area contributed by atoms with Gasteiger partial charge in [0.2, 0.25) is 0 Å². The van der Waals surface area contributed by atoms with E-state index in [2.05, 4.69) is 15.3 Å². The molecule has 2 heterocycles. The molecule has 0 saturated carbocycles. The first kappa shape index (κ1) is 19.3. The van der Waals surface area contributed by atoms with Crippen LogP contribution in [0, 0.1) is 11.6 Å². The van der Waals surface area contributed by atoms with Crippen molar-refractivity contribution >= 4 is 5.78 Å². The molecule has 1 aromatic carbocycles. The van der Waals surface area contributed by atoms with Crippen molar-refractivity contribution in [2.45, 2.75) is 19.3 Å². The average Bonchev–Trinajstić information content (AvgIpc) is 3.06. The molecule has 0 unspecified atom stereocenters. The maximum atomic E-state index is 14.1. The smallest absolute Gasteiger partial charge is 0.321 e. The first-order chi connectivity index (χ1) is 13.3. The fourth-order valence-electron chi connectivity index (χ4n) is 2.68. The molecule has 0 saturated heterocycles. The number of hydrogen-bond donors (Lipinski definition) is 0. The Morgan fingerprint density at radius 2 is 1.93 bits per heavy atom. The molecule has 0 spiro atoms. The topological polar surface area (TPSA) is 105 Å². The van der Waals surface area contributed by atoms with Gasteiger partial charge in [-0.1, -0.05) is 6.07 Å². The number of Topliss-reactive ketones (excluding diaryl/α,β-unsaturated/α-hetero) is 1. The van der Waals surface area contributed by atoms with Gasteiger partial charge in [-0.25, -0.2) is 22.8 Å². The molecule has 0 amide bonds. The number of carbonyl (C=O) groups is 1. The Labute approximate surface area is 156 Å². The lowest BCUT2D eigenvalue weighted by Crippen LogP contribution is -2.43. The van der Waals surface area contributed by atoms with Crippen LogP contribution in [0.25, 0.3) is 5.69 Å². The van der Waals surface area contributed by atoms with Crippen molar-refractivity contribution in [3.63, 3.8) is 0 Å². The van der Waals surface area contributed by atoms with Gasteiger partial charge < -0.3 is 4.57 Å². The van der Waals surface area contributed by atoms with E-state index < -0.39 is 40.0 Å². The highest BCUT2D eigenvalue weighted by atomic mass is 19.2. The van der Waals surface area contributed by atoms with Crippen LogP contribution in [0.3, 0.4) is 0 Å². The molecule has 0 N–H and O–H groups in total. The van der Waals surface area contributed by atoms with Crippen LogP contribution in [0.5, 0.6) is 0 Å². The zero-order valence-electron chi connectivity index (χ0n) is 15.1. The van der Waals surface area contributed by atoms with E-state index in [1.807, 2.05) is 0 Å². The summed E-state index contributed by atoms with van der Waals surface area (Å²) >= 11 is 0. The second-order valence-corrected chi connectivity index (χ2v) is 6.10. The van der Waals surface area contributed by atoms with E-state index >= 15 is 0 Å². The van der Waals surface area contributed by atoms with E-state index in [4.69, 9.17) is 0 Å². The molecule has 0 atom stereocenters. The van der Waals surface area contributed by atoms with Gasteiger partial charge in [0.05, 0.1) is 5.69 Å². The van der Waals surface area contributed by atoms with Crippen molar-refractivity contribution < 1.29 is 13.6 Å². The lowest BCUT2D eigenvalue weighted by atomic mass is 10.1. The van der Waals surface area contributed by atoms with E-state index in [9.17, 15) is 23.2 Å². The van der Waals surface area contributed by atoms with Gasteiger partial charge in [0, 0.05) is 26.9 Å². The fraction of sp³-hybridized carbons (Fsp3) is 0.294. The third-order valence-corrected chi connectivity index (χ3v) is 4.17. The molecule has 2 aromatic heterocycles. The summed E-state index contributed by atoms with van der Waals surface area (Å²) in [5.74, 6) is -2.54. The standard InChI is InChI=1S/C17H16F2N6O3/c1-23-9-20-21-13(23)8-4-7-12(26)15-16(27)25(17(28)24(2)22-15)11-6-3-5-10(18)14(11)19/h3,5-6,9H,4,7-8H2,1-2H3. The Bertz CT molecular complexity index is 1160. The van der Waals surface area contributed by atoms with E-state index in [1.54, 1.807) is 11.6 Å². The highest BCUT2D eigenvalue weighted by molar-refractivity contribution is 5.93. The number of benzene rings is 1. The van der Waals surface area contributed by atoms with Crippen molar-refractivity contribution in [1.29, 1.82) is 0 Å². The number of hydrogen-bond acceptors (Lipinski definition) is 6. The predicted molar refractivity (Wildman–Crippen MR) is 93.3 cm³/mol. The van der Waals surface area contributed by atoms with E-state index in [0.29, 0.717) is 23.2 Å². The minimum Gasteiger partial charge on any atom is -0.321 e. The van der Waals surface area contributed by atoms with Crippen molar-refractivity contribution in [2.24, 2.45) is 14.1 Å². The molecular formula is C17H16F2N6O3. The molecule has 0 aliphatic carbocycles. The highest BCUT2D eigenvalue weighted by Gasteiger charge is 2.22. The molecule has 3 aromatic rings. The van der Waals surface area contributed by atoms with Gasteiger partial charge in [-0.2, -0.15) is 5.10 Å². The Morgan fingerprint density at radius 1 is 1.18 bits per heavy atom. The largest absolute Gasteiger partial charge is 0.351 e. The molecule has 0 aliphatic rings. The van der Waals surface area contributed by atoms with Gasteiger partial charge in [0.15, 0.2) is 23.1 Å². The molecule has 9 nitrogen and oxygen atoms in total. The summed E-state index contributed by atoms with van der Waals surface area (Å²) in [6, 6.07) is 3.08. The Balaban J connectivity index is 1.94. The minimum absolute atomic E-state index is 0.0427. The Kier molecular flexibility index (Phi) is 5.25. The van der Waals surface area contributed by atoms with Crippen molar-refractivity contribution in [2.75, 3.05) is 0 Å². The van der Waals surface area contributed by atoms with Crippen LogP contribution in [0.15, 0.2) is 34.1 Å². The van der Waals surface area contributed by atoms with Crippen LogP contribution in [-0.2, 0) is 20.5 Å². The van der Waals surface area contributed by atoms with Crippen LogP contribution in [0.1, 0.15) is 29.2 Å². The maximum Gasteiger partial charge on any atom is 0.351 e. The van der Waals surface area contributed by atoms with Gasteiger partial charge in [0.25, 0.3) is 5.56 Å². The molecule has 0 fully saturated rings. The summed E-state index contributed by atoms with van der Waals surface area (Å²) in [7, 11) is 2.98. The molecule has 0 radical (unpaired) electrons. The second kappa shape index (κ2) is 7.62. The number of halogens is 2. The van der Waals surface area contributed by atoms with Gasteiger partial charge in [-0.15, -0.1) is 10.2 Å². The summed E-state index contributed by atoms with van der Waals surface area (Å²) in [4.78, 5) is 37.4. The maximum absolute atomic E-state index is 14.1. The molecular weight excluding hydrogens is 374 g/mol. The Hall–Kier alpha value is -3.50. The van der Waals surface area contributed by atoms with Crippen molar-refractivity contribution in [1.82, 2.24) is 29.1 Å². The highest BCUT2D eigenvalue weighted by Crippen LogP contribution is 2.13. The van der Waals surface area contributed by atoms with Crippen LogP contribution in [0.2, 0.25) is 0 Å². The van der Waals surface area contributed by atoms with Gasteiger partial charge in [0.1, 0.15) is 12.2 Å². The van der Waals surface area contributed by atoms with E-state index in [0.717, 1.165) is 22.9 Å². The summed E-state index contributed by atoms with van der Waals surface area (Å²) in [5.41, 5.74) is -3.20. The molecule has 0 aliphatic heterocycles. The van der Waals surface area contributed by atoms with E-state index in [1.165, 1.54) is 13.4 Å². The SMILES string of the molecule is Cn1cnnc1CCCC(=O)c1nn(C)c(=O)n(-c2cccc(F)c2F)c1=O. The minimum atomic E-state index is -1.37. The van der Waals surface area contributed by atoms with Crippen LogP contribution in [-0.4, -0.2) is 34.9 Å². The Morgan fingerprint density at radius 3 is 2.61 bits per heavy atom. The number of nitrogens with zero attached hydrogens (tertiary/aromatic N) is 6. The number of carbonyl (C=O) groups excluding carboxylic acids is 1. The van der Waals surface area contributed by atoms with Crippen LogP contribution < -0.4 is 11.2 Å². The van der Waals surface area contributed by atoms with Gasteiger partial charge in [-0.05, 0) is 18.6 Å². The molecule has 0 bridgehead atoms. The molecule has 11 heteroatoms. The molecule has 146 valence electrons. The van der Waals surface area contributed by atoms with Crippen LogP contribution >= 0.6 is 0 Å². The second-order valence-electron chi connectivity index (χ2n) is 6.10. The summed E-state index contributed by atoms with van der Waals surface area (Å²) < 4.78 is 30.5. The van der Waals surface area contributed by atoms with Gasteiger partial charge >= 0.3 is 5.69 Å². The quantitative estimate of drug-likeness (QED) is 0.569. The van der Waals surface area contributed by atoms with Crippen molar-refractivity contribution in [3.8, 4) is 5.69 Å². The number of aryl methyl sites for hydroxylation is 3. The summed E-state index contributed by atoms with van der Waals surface area (Å²) in [6.45, 7) is 0.